The zero-order valence-electron chi connectivity index (χ0n) is 24.7. The van der Waals surface area contributed by atoms with Gasteiger partial charge >= 0.3 is 0 Å². The number of fused-ring (bicyclic) bond motifs is 3. The molecule has 6 atom stereocenters. The predicted molar refractivity (Wildman–Crippen MR) is 155 cm³/mol. The molecule has 1 spiro atoms. The zero-order valence-corrected chi connectivity index (χ0v) is 24.7. The molecule has 1 unspecified atom stereocenters. The van der Waals surface area contributed by atoms with Crippen LogP contribution in [0.5, 0.6) is 0 Å². The van der Waals surface area contributed by atoms with Gasteiger partial charge in [0.25, 0.3) is 5.91 Å². The van der Waals surface area contributed by atoms with E-state index in [2.05, 4.69) is 10.3 Å². The van der Waals surface area contributed by atoms with Gasteiger partial charge in [-0.25, -0.2) is 4.68 Å². The van der Waals surface area contributed by atoms with E-state index in [1.54, 1.807) is 19.4 Å². The quantitative estimate of drug-likeness (QED) is 0.477. The first kappa shape index (κ1) is 28.5. The van der Waals surface area contributed by atoms with Crippen LogP contribution < -0.4 is 0 Å². The number of nitrogens with zero attached hydrogens (tertiary/aromatic N) is 6. The van der Waals surface area contributed by atoms with Gasteiger partial charge in [0.2, 0.25) is 11.8 Å². The second-order valence-corrected chi connectivity index (χ2v) is 12.6. The molecular formula is C31H40N6O5. The lowest BCUT2D eigenvalue weighted by Gasteiger charge is -2.40. The van der Waals surface area contributed by atoms with Crippen LogP contribution in [0.4, 0.5) is 0 Å². The molecule has 3 amide bonds. The Balaban J connectivity index is 1.45. The van der Waals surface area contributed by atoms with Crippen LogP contribution in [0.1, 0.15) is 40.5 Å². The number of amides is 3. The zero-order chi connectivity index (χ0) is 29.8. The summed E-state index contributed by atoms with van der Waals surface area (Å²) in [7, 11) is 0. The average molecular weight is 577 g/mol. The number of aliphatic hydroxyl groups is 1. The number of carbonyl (C=O) groups is 3. The molecule has 11 nitrogen and oxygen atoms in total. The van der Waals surface area contributed by atoms with Crippen LogP contribution >= 0.6 is 0 Å². The Bertz CT molecular complexity index is 1450. The number of hydrogen-bond acceptors (Lipinski definition) is 7. The van der Waals surface area contributed by atoms with Crippen molar-refractivity contribution >= 4 is 28.8 Å². The van der Waals surface area contributed by atoms with Gasteiger partial charge in [0, 0.05) is 19.6 Å². The minimum atomic E-state index is -1.37. The first-order chi connectivity index (χ1) is 20.1. The second kappa shape index (κ2) is 10.6. The molecular weight excluding hydrogens is 536 g/mol. The van der Waals surface area contributed by atoms with E-state index in [1.807, 2.05) is 76.3 Å². The van der Waals surface area contributed by atoms with E-state index < -0.39 is 35.1 Å². The Morgan fingerprint density at radius 3 is 2.50 bits per heavy atom. The number of aromatic nitrogens is 3. The number of para-hydroxylation sites is 1. The summed E-state index contributed by atoms with van der Waals surface area (Å²) in [5, 5.41) is 19.1. The number of rotatable bonds is 8. The number of hydrogen-bond donors (Lipinski definition) is 1. The molecule has 0 saturated carbocycles. The van der Waals surface area contributed by atoms with Gasteiger partial charge < -0.3 is 24.5 Å². The monoisotopic (exact) mass is 576 g/mol. The van der Waals surface area contributed by atoms with E-state index in [4.69, 9.17) is 4.74 Å². The molecule has 5 heterocycles. The van der Waals surface area contributed by atoms with Crippen LogP contribution in [0, 0.1) is 17.8 Å². The van der Waals surface area contributed by atoms with Crippen molar-refractivity contribution in [3.05, 3.63) is 48.6 Å². The molecule has 0 bridgehead atoms. The Hall–Kier alpha value is -3.57. The maximum absolute atomic E-state index is 14.7. The Morgan fingerprint density at radius 1 is 1.02 bits per heavy atom. The lowest BCUT2D eigenvalue weighted by Crippen LogP contribution is -2.59. The molecule has 4 aliphatic heterocycles. The van der Waals surface area contributed by atoms with Gasteiger partial charge in [-0.15, -0.1) is 5.10 Å². The van der Waals surface area contributed by atoms with Crippen molar-refractivity contribution in [1.29, 1.82) is 0 Å². The third kappa shape index (κ3) is 4.27. The van der Waals surface area contributed by atoms with E-state index in [0.29, 0.717) is 19.5 Å². The van der Waals surface area contributed by atoms with E-state index >= 15 is 0 Å². The maximum atomic E-state index is 14.7. The van der Waals surface area contributed by atoms with Crippen molar-refractivity contribution in [2.45, 2.75) is 70.5 Å². The largest absolute Gasteiger partial charge is 0.394 e. The van der Waals surface area contributed by atoms with E-state index in [-0.39, 0.29) is 43.5 Å². The Kier molecular flexibility index (Phi) is 7.21. The predicted octanol–water partition coefficient (Wildman–Crippen LogP) is 1.97. The highest BCUT2D eigenvalue weighted by atomic mass is 16.5. The lowest BCUT2D eigenvalue weighted by atomic mass is 9.74. The fourth-order valence-corrected chi connectivity index (χ4v) is 7.55. The molecule has 11 heteroatoms. The number of likely N-dealkylation sites (tertiary alicyclic amines) is 1. The van der Waals surface area contributed by atoms with Gasteiger partial charge in [-0.3, -0.25) is 14.4 Å². The topological polar surface area (TPSA) is 121 Å². The van der Waals surface area contributed by atoms with Gasteiger partial charge in [0.05, 0.1) is 35.6 Å². The first-order valence-corrected chi connectivity index (χ1v) is 15.0. The number of ether oxygens (including phenoxy) is 1. The van der Waals surface area contributed by atoms with Gasteiger partial charge in [-0.2, -0.15) is 0 Å². The van der Waals surface area contributed by atoms with Crippen LogP contribution in [0.15, 0.2) is 48.6 Å². The minimum Gasteiger partial charge on any atom is -0.394 e. The average Bonchev–Trinajstić information content (AvgIpc) is 3.49. The SMILES string of the molecule is CCCN1CC=C[C@]2(C)O[C@]34C=CCN(Cn5nnc6ccccc65)C(=O)C3N([C@@H](CO)CC(C)C)C(=O)[C@@H]4[C@@H]2C1=O. The van der Waals surface area contributed by atoms with E-state index in [1.165, 1.54) is 0 Å². The molecule has 224 valence electrons. The molecule has 1 aromatic carbocycles. The molecule has 1 aromatic heterocycles. The normalized spacial score (nSPS) is 31.5. The van der Waals surface area contributed by atoms with Crippen molar-refractivity contribution in [1.82, 2.24) is 29.7 Å². The summed E-state index contributed by atoms with van der Waals surface area (Å²) in [6.07, 6.45) is 8.82. The molecule has 0 radical (unpaired) electrons. The van der Waals surface area contributed by atoms with Crippen molar-refractivity contribution in [3.8, 4) is 0 Å². The van der Waals surface area contributed by atoms with Gasteiger partial charge in [0.1, 0.15) is 23.8 Å². The van der Waals surface area contributed by atoms with Gasteiger partial charge in [-0.05, 0) is 37.8 Å². The minimum absolute atomic E-state index is 0.126. The van der Waals surface area contributed by atoms with Crippen LogP contribution in [0.25, 0.3) is 11.0 Å². The molecule has 6 rings (SSSR count). The molecule has 2 saturated heterocycles. The highest BCUT2D eigenvalue weighted by Gasteiger charge is 2.75. The van der Waals surface area contributed by atoms with Crippen LogP contribution in [-0.2, 0) is 25.8 Å². The van der Waals surface area contributed by atoms with Gasteiger partial charge in [0.15, 0.2) is 0 Å². The molecule has 42 heavy (non-hydrogen) atoms. The third-order valence-corrected chi connectivity index (χ3v) is 9.23. The van der Waals surface area contributed by atoms with Crippen molar-refractivity contribution in [3.63, 3.8) is 0 Å². The van der Waals surface area contributed by atoms with E-state index in [9.17, 15) is 19.5 Å². The van der Waals surface area contributed by atoms with Crippen LogP contribution in [-0.4, -0.2) is 102 Å². The smallest absolute Gasteiger partial charge is 0.250 e. The summed E-state index contributed by atoms with van der Waals surface area (Å²) >= 11 is 0. The van der Waals surface area contributed by atoms with Crippen molar-refractivity contribution < 1.29 is 24.2 Å². The Labute approximate surface area is 245 Å². The summed E-state index contributed by atoms with van der Waals surface area (Å²) in [4.78, 5) is 48.4. The number of carbonyl (C=O) groups excluding carboxylic acids is 3. The molecule has 0 aliphatic carbocycles. The van der Waals surface area contributed by atoms with Gasteiger partial charge in [-0.1, -0.05) is 62.4 Å². The summed E-state index contributed by atoms with van der Waals surface area (Å²) in [6, 6.07) is 5.88. The second-order valence-electron chi connectivity index (χ2n) is 12.6. The van der Waals surface area contributed by atoms with Crippen LogP contribution in [0.2, 0.25) is 0 Å². The number of aliphatic hydroxyl groups excluding tert-OH is 1. The fourth-order valence-electron chi connectivity index (χ4n) is 7.55. The fraction of sp³-hybridized carbons (Fsp3) is 0.581. The standard InChI is InChI=1S/C31H40N6O5/c1-5-14-34-15-8-12-30(4)24(27(34)39)25-28(40)37(21(18-38)17-20(2)3)26-29(41)35(16-9-13-31(25,26)42-30)19-36-23-11-7-6-10-22(23)32-33-36/h6-13,20-21,24-26,38H,5,14-19H2,1-4H3/t21-,24-,25+,26?,30+,31+/m1/s1. The molecule has 1 N–H and O–H groups in total. The highest BCUT2D eigenvalue weighted by molar-refractivity contribution is 6.00. The van der Waals surface area contributed by atoms with Crippen LogP contribution in [0.3, 0.4) is 0 Å². The van der Waals surface area contributed by atoms with E-state index in [0.717, 1.165) is 17.5 Å². The van der Waals surface area contributed by atoms with Crippen molar-refractivity contribution in [2.75, 3.05) is 26.2 Å². The molecule has 4 aliphatic rings. The molecule has 2 aromatic rings. The summed E-state index contributed by atoms with van der Waals surface area (Å²) in [5.74, 6) is -2.31. The maximum Gasteiger partial charge on any atom is 0.250 e. The highest BCUT2D eigenvalue weighted by Crippen LogP contribution is 2.58. The lowest BCUT2D eigenvalue weighted by molar-refractivity contribution is -0.157. The van der Waals surface area contributed by atoms with Crippen molar-refractivity contribution in [2.24, 2.45) is 17.8 Å². The summed E-state index contributed by atoms with van der Waals surface area (Å²) in [5.41, 5.74) is -0.932. The first-order valence-electron chi connectivity index (χ1n) is 15.0. The summed E-state index contributed by atoms with van der Waals surface area (Å²) in [6.45, 7) is 9.02. The number of benzene rings is 1. The third-order valence-electron chi connectivity index (χ3n) is 9.23. The summed E-state index contributed by atoms with van der Waals surface area (Å²) < 4.78 is 8.57. The Morgan fingerprint density at radius 2 is 1.76 bits per heavy atom. The molecule has 2 fully saturated rings.